The molecule has 0 aromatic carbocycles. The number of rotatable bonds is 1. The predicted octanol–water partition coefficient (Wildman–Crippen LogP) is 2.94. The summed E-state index contributed by atoms with van der Waals surface area (Å²) in [5.74, 6) is -0.364. The Hall–Kier alpha value is -1.48. The number of hydrogen-bond donors (Lipinski definition) is 0. The van der Waals surface area contributed by atoms with Crippen molar-refractivity contribution < 1.29 is 4.39 Å². The number of halogens is 2. The first kappa shape index (κ1) is 9.09. The van der Waals surface area contributed by atoms with E-state index in [1.807, 2.05) is 0 Å². The molecule has 2 heterocycles. The number of nitrogens with zero attached hydrogens (tertiary/aromatic N) is 2. The van der Waals surface area contributed by atoms with Crippen LogP contribution in [0.15, 0.2) is 36.7 Å². The molecule has 0 saturated carbocycles. The first-order chi connectivity index (χ1) is 6.77. The molecule has 2 rings (SSSR count). The Balaban J connectivity index is 2.50. The molecule has 0 atom stereocenters. The lowest BCUT2D eigenvalue weighted by atomic mass is 10.2. The molecule has 0 bridgehead atoms. The minimum absolute atomic E-state index is 0.289. The zero-order valence-corrected chi connectivity index (χ0v) is 7.87. The molecule has 0 N–H and O–H groups in total. The van der Waals surface area contributed by atoms with Gasteiger partial charge in [-0.3, -0.25) is 4.98 Å². The molecule has 2 aromatic heterocycles. The normalized spacial score (nSPS) is 10.1. The quantitative estimate of drug-likeness (QED) is 0.674. The van der Waals surface area contributed by atoms with E-state index in [-0.39, 0.29) is 11.5 Å². The van der Waals surface area contributed by atoms with E-state index in [4.69, 9.17) is 11.6 Å². The van der Waals surface area contributed by atoms with Crippen molar-refractivity contribution in [1.29, 1.82) is 0 Å². The van der Waals surface area contributed by atoms with Crippen molar-refractivity contribution in [2.24, 2.45) is 0 Å². The van der Waals surface area contributed by atoms with Crippen LogP contribution in [-0.4, -0.2) is 9.97 Å². The fraction of sp³-hybridized carbons (Fsp3) is 0. The Kier molecular flexibility index (Phi) is 2.41. The van der Waals surface area contributed by atoms with Gasteiger partial charge in [0, 0.05) is 18.0 Å². The summed E-state index contributed by atoms with van der Waals surface area (Å²) in [7, 11) is 0. The molecule has 0 radical (unpaired) electrons. The van der Waals surface area contributed by atoms with Crippen LogP contribution in [0.5, 0.6) is 0 Å². The Bertz CT molecular complexity index is 442. The summed E-state index contributed by atoms with van der Waals surface area (Å²) < 4.78 is 13.3. The van der Waals surface area contributed by atoms with Gasteiger partial charge in [-0.1, -0.05) is 11.6 Å². The Labute approximate surface area is 85.4 Å². The van der Waals surface area contributed by atoms with Crippen molar-refractivity contribution in [3.8, 4) is 11.3 Å². The molecule has 0 unspecified atom stereocenters. The number of pyridine rings is 2. The zero-order chi connectivity index (χ0) is 9.97. The maximum atomic E-state index is 13.3. The molecule has 2 aromatic rings. The molecule has 0 aliphatic carbocycles. The molecule has 4 heteroatoms. The molecule has 70 valence electrons. The second-order valence-electron chi connectivity index (χ2n) is 2.70. The van der Waals surface area contributed by atoms with Gasteiger partial charge >= 0.3 is 0 Å². The van der Waals surface area contributed by atoms with Crippen LogP contribution in [0.2, 0.25) is 5.15 Å². The van der Waals surface area contributed by atoms with Crippen LogP contribution in [0.25, 0.3) is 11.3 Å². The van der Waals surface area contributed by atoms with Gasteiger partial charge in [-0.2, -0.15) is 0 Å². The minimum atomic E-state index is -0.364. The standard InChI is InChI=1S/C10H6ClFN2/c11-9-4-3-7(6-14-9)10-8(12)2-1-5-13-10/h1-6H. The summed E-state index contributed by atoms with van der Waals surface area (Å²) in [5, 5.41) is 0.380. The van der Waals surface area contributed by atoms with Crippen LogP contribution in [0.1, 0.15) is 0 Å². The van der Waals surface area contributed by atoms with Crippen LogP contribution in [0.4, 0.5) is 4.39 Å². The summed E-state index contributed by atoms with van der Waals surface area (Å²) in [4.78, 5) is 7.78. The topological polar surface area (TPSA) is 25.8 Å². The van der Waals surface area contributed by atoms with E-state index in [1.165, 1.54) is 18.5 Å². The van der Waals surface area contributed by atoms with Crippen LogP contribution in [0.3, 0.4) is 0 Å². The van der Waals surface area contributed by atoms with Crippen LogP contribution < -0.4 is 0 Å². The second-order valence-corrected chi connectivity index (χ2v) is 3.09. The molecule has 0 aliphatic rings. The Morgan fingerprint density at radius 2 is 2.00 bits per heavy atom. The highest BCUT2D eigenvalue weighted by Gasteiger charge is 2.05. The minimum Gasteiger partial charge on any atom is -0.253 e. The smallest absolute Gasteiger partial charge is 0.149 e. The summed E-state index contributed by atoms with van der Waals surface area (Å²) in [6, 6.07) is 6.19. The highest BCUT2D eigenvalue weighted by atomic mass is 35.5. The van der Waals surface area contributed by atoms with Crippen LogP contribution >= 0.6 is 11.6 Å². The zero-order valence-electron chi connectivity index (χ0n) is 7.11. The first-order valence-electron chi connectivity index (χ1n) is 4.00. The second kappa shape index (κ2) is 3.72. The van der Waals surface area contributed by atoms with Gasteiger partial charge in [0.2, 0.25) is 0 Å². The highest BCUT2D eigenvalue weighted by Crippen LogP contribution is 2.19. The van der Waals surface area contributed by atoms with E-state index in [2.05, 4.69) is 9.97 Å². The first-order valence-corrected chi connectivity index (χ1v) is 4.37. The van der Waals surface area contributed by atoms with E-state index in [0.717, 1.165) is 0 Å². The lowest BCUT2D eigenvalue weighted by Gasteiger charge is -2.00. The van der Waals surface area contributed by atoms with Crippen molar-refractivity contribution in [2.75, 3.05) is 0 Å². The molecular formula is C10H6ClFN2. The van der Waals surface area contributed by atoms with E-state index in [9.17, 15) is 4.39 Å². The van der Waals surface area contributed by atoms with Gasteiger partial charge < -0.3 is 0 Å². The lowest BCUT2D eigenvalue weighted by Crippen LogP contribution is -1.88. The third-order valence-corrected chi connectivity index (χ3v) is 1.98. The van der Waals surface area contributed by atoms with Gasteiger partial charge in [-0.25, -0.2) is 9.37 Å². The largest absolute Gasteiger partial charge is 0.253 e. The molecule has 0 amide bonds. The third-order valence-electron chi connectivity index (χ3n) is 1.76. The van der Waals surface area contributed by atoms with Crippen molar-refractivity contribution in [3.05, 3.63) is 47.6 Å². The van der Waals surface area contributed by atoms with Crippen molar-refractivity contribution in [1.82, 2.24) is 9.97 Å². The molecule has 0 spiro atoms. The monoisotopic (exact) mass is 208 g/mol. The molecule has 2 nitrogen and oxygen atoms in total. The van der Waals surface area contributed by atoms with Gasteiger partial charge in [0.1, 0.15) is 16.7 Å². The lowest BCUT2D eigenvalue weighted by molar-refractivity contribution is 0.625. The molecule has 14 heavy (non-hydrogen) atoms. The third kappa shape index (κ3) is 1.72. The van der Waals surface area contributed by atoms with E-state index < -0.39 is 0 Å². The van der Waals surface area contributed by atoms with Gasteiger partial charge in [0.25, 0.3) is 0 Å². The molecule has 0 fully saturated rings. The van der Waals surface area contributed by atoms with E-state index in [0.29, 0.717) is 10.7 Å². The maximum absolute atomic E-state index is 13.3. The van der Waals surface area contributed by atoms with E-state index in [1.54, 1.807) is 18.2 Å². The van der Waals surface area contributed by atoms with Gasteiger partial charge in [-0.05, 0) is 24.3 Å². The number of aromatic nitrogens is 2. The summed E-state index contributed by atoms with van der Waals surface area (Å²) in [6.07, 6.45) is 3.03. The fourth-order valence-corrected chi connectivity index (χ4v) is 1.23. The van der Waals surface area contributed by atoms with Gasteiger partial charge in [0.15, 0.2) is 0 Å². The van der Waals surface area contributed by atoms with Crippen molar-refractivity contribution in [2.45, 2.75) is 0 Å². The predicted molar refractivity (Wildman–Crippen MR) is 52.4 cm³/mol. The van der Waals surface area contributed by atoms with Crippen molar-refractivity contribution in [3.63, 3.8) is 0 Å². The van der Waals surface area contributed by atoms with Gasteiger partial charge in [-0.15, -0.1) is 0 Å². The van der Waals surface area contributed by atoms with Crippen LogP contribution in [-0.2, 0) is 0 Å². The number of hydrogen-bond acceptors (Lipinski definition) is 2. The SMILES string of the molecule is Fc1cccnc1-c1ccc(Cl)nc1. The highest BCUT2D eigenvalue weighted by molar-refractivity contribution is 6.29. The summed E-state index contributed by atoms with van der Waals surface area (Å²) in [5.41, 5.74) is 0.907. The Morgan fingerprint density at radius 3 is 2.64 bits per heavy atom. The maximum Gasteiger partial charge on any atom is 0.149 e. The van der Waals surface area contributed by atoms with Crippen LogP contribution in [0, 0.1) is 5.82 Å². The molecule has 0 saturated heterocycles. The fourth-order valence-electron chi connectivity index (χ4n) is 1.11. The van der Waals surface area contributed by atoms with Crippen molar-refractivity contribution >= 4 is 11.6 Å². The summed E-state index contributed by atoms with van der Waals surface area (Å²) in [6.45, 7) is 0. The summed E-state index contributed by atoms with van der Waals surface area (Å²) >= 11 is 5.61. The Morgan fingerprint density at radius 1 is 1.14 bits per heavy atom. The molecular weight excluding hydrogens is 203 g/mol. The van der Waals surface area contributed by atoms with Gasteiger partial charge in [0.05, 0.1) is 0 Å². The average Bonchev–Trinajstić information content (AvgIpc) is 2.20. The van der Waals surface area contributed by atoms with E-state index >= 15 is 0 Å². The average molecular weight is 209 g/mol. The molecule has 0 aliphatic heterocycles.